The fourth-order valence-corrected chi connectivity index (χ4v) is 2.89. The van der Waals surface area contributed by atoms with E-state index in [4.69, 9.17) is 4.74 Å². The van der Waals surface area contributed by atoms with Crippen molar-refractivity contribution in [1.82, 2.24) is 10.3 Å². The first-order chi connectivity index (χ1) is 10.6. The Hall–Kier alpha value is -1.44. The van der Waals surface area contributed by atoms with Crippen LogP contribution in [0, 0.1) is 0 Å². The van der Waals surface area contributed by atoms with Crippen molar-refractivity contribution in [3.63, 3.8) is 0 Å². The number of hydrogen-bond donors (Lipinski definition) is 1. The molecule has 7 heteroatoms. The second-order valence-electron chi connectivity index (χ2n) is 5.29. The molecule has 0 saturated carbocycles. The van der Waals surface area contributed by atoms with Crippen LogP contribution in [0.5, 0.6) is 0 Å². The number of halogens is 1. The van der Waals surface area contributed by atoms with Crippen LogP contribution in [-0.4, -0.2) is 64.0 Å². The third-order valence-corrected chi connectivity index (χ3v) is 3.96. The Morgan fingerprint density at radius 3 is 2.82 bits per heavy atom. The maximum Gasteiger partial charge on any atom is 0.254 e. The molecule has 1 aliphatic heterocycles. The van der Waals surface area contributed by atoms with Crippen molar-refractivity contribution in [2.24, 2.45) is 5.10 Å². The number of hydrazone groups is 1. The van der Waals surface area contributed by atoms with E-state index in [1.807, 2.05) is 37.2 Å². The molecule has 1 heterocycles. The molecule has 1 aromatic carbocycles. The van der Waals surface area contributed by atoms with Crippen molar-refractivity contribution in [2.45, 2.75) is 0 Å². The van der Waals surface area contributed by atoms with Crippen molar-refractivity contribution in [3.05, 3.63) is 28.2 Å². The molecule has 0 radical (unpaired) electrons. The predicted octanol–water partition coefficient (Wildman–Crippen LogP) is 1.30. The molecule has 0 spiro atoms. The lowest BCUT2D eigenvalue weighted by atomic mass is 10.2. The number of carbonyl (C=O) groups is 1. The van der Waals surface area contributed by atoms with Gasteiger partial charge in [0.25, 0.3) is 5.91 Å². The monoisotopic (exact) mass is 368 g/mol. The summed E-state index contributed by atoms with van der Waals surface area (Å²) < 4.78 is 6.23. The van der Waals surface area contributed by atoms with Crippen LogP contribution in [0.15, 0.2) is 27.8 Å². The summed E-state index contributed by atoms with van der Waals surface area (Å²) in [5.74, 6) is -0.109. The van der Waals surface area contributed by atoms with Crippen molar-refractivity contribution < 1.29 is 9.53 Å². The highest BCUT2D eigenvalue weighted by molar-refractivity contribution is 9.10. The Labute approximate surface area is 139 Å². The third-order valence-electron chi connectivity index (χ3n) is 3.33. The average Bonchev–Trinajstić information content (AvgIpc) is 2.48. The van der Waals surface area contributed by atoms with Crippen LogP contribution in [-0.2, 0) is 9.53 Å². The maximum atomic E-state index is 11.8. The zero-order valence-electron chi connectivity index (χ0n) is 12.9. The van der Waals surface area contributed by atoms with Gasteiger partial charge < -0.3 is 9.64 Å². The van der Waals surface area contributed by atoms with E-state index in [0.29, 0.717) is 19.8 Å². The molecule has 6 nitrogen and oxygen atoms in total. The highest BCUT2D eigenvalue weighted by Crippen LogP contribution is 2.25. The molecule has 120 valence electrons. The first-order valence-electron chi connectivity index (χ1n) is 7.15. The number of nitrogens with zero attached hydrogens (tertiary/aromatic N) is 3. The van der Waals surface area contributed by atoms with E-state index in [1.54, 1.807) is 6.21 Å². The SMILES string of the molecule is CN(C)c1ccc(/C=N/NC(=O)CN2CCOCC2)cc1Br. The summed E-state index contributed by atoms with van der Waals surface area (Å²) in [5.41, 5.74) is 4.57. The largest absolute Gasteiger partial charge is 0.379 e. The number of morpholine rings is 1. The lowest BCUT2D eigenvalue weighted by Crippen LogP contribution is -2.42. The van der Waals surface area contributed by atoms with Gasteiger partial charge in [0.15, 0.2) is 0 Å². The highest BCUT2D eigenvalue weighted by Gasteiger charge is 2.13. The summed E-state index contributed by atoms with van der Waals surface area (Å²) in [6, 6.07) is 5.92. The molecule has 0 bridgehead atoms. The summed E-state index contributed by atoms with van der Waals surface area (Å²) in [6.07, 6.45) is 1.64. The van der Waals surface area contributed by atoms with Gasteiger partial charge in [-0.15, -0.1) is 0 Å². The second-order valence-corrected chi connectivity index (χ2v) is 6.14. The van der Waals surface area contributed by atoms with Crippen molar-refractivity contribution >= 4 is 33.7 Å². The summed E-state index contributed by atoms with van der Waals surface area (Å²) in [4.78, 5) is 15.9. The molecule has 1 aromatic rings. The normalized spacial score (nSPS) is 16.0. The van der Waals surface area contributed by atoms with E-state index in [2.05, 4.69) is 31.4 Å². The maximum absolute atomic E-state index is 11.8. The molecule has 0 unspecified atom stereocenters. The summed E-state index contributed by atoms with van der Waals surface area (Å²) in [6.45, 7) is 3.29. The molecule has 0 aliphatic carbocycles. The molecule has 0 aromatic heterocycles. The number of amides is 1. The average molecular weight is 369 g/mol. The van der Waals surface area contributed by atoms with Gasteiger partial charge in [-0.2, -0.15) is 5.10 Å². The Morgan fingerprint density at radius 1 is 1.45 bits per heavy atom. The van der Waals surface area contributed by atoms with Gasteiger partial charge in [0.05, 0.1) is 31.7 Å². The van der Waals surface area contributed by atoms with Crippen molar-refractivity contribution in [3.8, 4) is 0 Å². The molecule has 22 heavy (non-hydrogen) atoms. The lowest BCUT2D eigenvalue weighted by Gasteiger charge is -2.25. The molecule has 1 fully saturated rings. The van der Waals surface area contributed by atoms with Gasteiger partial charge >= 0.3 is 0 Å². The molecule has 0 atom stereocenters. The molecule has 2 rings (SSSR count). The number of nitrogens with one attached hydrogen (secondary N) is 1. The van der Waals surface area contributed by atoms with E-state index in [0.717, 1.165) is 28.8 Å². The zero-order chi connectivity index (χ0) is 15.9. The summed E-state index contributed by atoms with van der Waals surface area (Å²) >= 11 is 3.53. The van der Waals surface area contributed by atoms with E-state index in [9.17, 15) is 4.79 Å². The number of hydrogen-bond acceptors (Lipinski definition) is 5. The van der Waals surface area contributed by atoms with Crippen LogP contribution in [0.1, 0.15) is 5.56 Å². The summed E-state index contributed by atoms with van der Waals surface area (Å²) in [7, 11) is 3.97. The van der Waals surface area contributed by atoms with Crippen LogP contribution in [0.25, 0.3) is 0 Å². The van der Waals surface area contributed by atoms with Gasteiger partial charge in [-0.05, 0) is 33.6 Å². The quantitative estimate of drug-likeness (QED) is 0.628. The topological polar surface area (TPSA) is 57.2 Å². The highest BCUT2D eigenvalue weighted by atomic mass is 79.9. The van der Waals surface area contributed by atoms with Crippen LogP contribution >= 0.6 is 15.9 Å². The standard InChI is InChI=1S/C15H21BrN4O2/c1-19(2)14-4-3-12(9-13(14)16)10-17-18-15(21)11-20-5-7-22-8-6-20/h3-4,9-10H,5-8,11H2,1-2H3,(H,18,21)/b17-10+. The van der Waals surface area contributed by atoms with E-state index in [1.165, 1.54) is 0 Å². The van der Waals surface area contributed by atoms with E-state index in [-0.39, 0.29) is 5.91 Å². The number of rotatable bonds is 5. The third kappa shape index (κ3) is 5.08. The smallest absolute Gasteiger partial charge is 0.254 e. The number of anilines is 1. The lowest BCUT2D eigenvalue weighted by molar-refractivity contribution is -0.123. The van der Waals surface area contributed by atoms with Gasteiger partial charge in [-0.3, -0.25) is 9.69 Å². The Bertz CT molecular complexity index is 542. The Morgan fingerprint density at radius 2 is 2.18 bits per heavy atom. The van der Waals surface area contributed by atoms with Crippen LogP contribution < -0.4 is 10.3 Å². The van der Waals surface area contributed by atoms with Gasteiger partial charge in [0.1, 0.15) is 0 Å². The molecule has 1 amide bonds. The predicted molar refractivity (Wildman–Crippen MR) is 91.5 cm³/mol. The molecular formula is C15H21BrN4O2. The molecule has 1 aliphatic rings. The van der Waals surface area contributed by atoms with E-state index >= 15 is 0 Å². The Balaban J connectivity index is 1.84. The number of ether oxygens (including phenoxy) is 1. The first kappa shape index (κ1) is 16.9. The molecular weight excluding hydrogens is 348 g/mol. The van der Waals surface area contributed by atoms with Crippen LogP contribution in [0.2, 0.25) is 0 Å². The van der Waals surface area contributed by atoms with E-state index < -0.39 is 0 Å². The molecule has 1 N–H and O–H groups in total. The fourth-order valence-electron chi connectivity index (χ4n) is 2.14. The van der Waals surface area contributed by atoms with Gasteiger partial charge in [-0.1, -0.05) is 6.07 Å². The van der Waals surface area contributed by atoms with Crippen LogP contribution in [0.4, 0.5) is 5.69 Å². The minimum absolute atomic E-state index is 0.109. The van der Waals surface area contributed by atoms with Gasteiger partial charge in [0.2, 0.25) is 0 Å². The zero-order valence-corrected chi connectivity index (χ0v) is 14.5. The van der Waals surface area contributed by atoms with Gasteiger partial charge in [0, 0.05) is 31.7 Å². The number of benzene rings is 1. The summed E-state index contributed by atoms with van der Waals surface area (Å²) in [5, 5.41) is 4.01. The molecule has 1 saturated heterocycles. The van der Waals surface area contributed by atoms with Gasteiger partial charge in [-0.25, -0.2) is 5.43 Å². The van der Waals surface area contributed by atoms with Crippen LogP contribution in [0.3, 0.4) is 0 Å². The fraction of sp³-hybridized carbons (Fsp3) is 0.467. The minimum atomic E-state index is -0.109. The Kier molecular flexibility index (Phi) is 6.35. The first-order valence-corrected chi connectivity index (χ1v) is 7.94. The number of carbonyl (C=O) groups excluding carboxylic acids is 1. The van der Waals surface area contributed by atoms with Crippen molar-refractivity contribution in [1.29, 1.82) is 0 Å². The minimum Gasteiger partial charge on any atom is -0.379 e. The van der Waals surface area contributed by atoms with Crippen molar-refractivity contribution in [2.75, 3.05) is 51.8 Å². The second kappa shape index (κ2) is 8.26.